The highest BCUT2D eigenvalue weighted by Crippen LogP contribution is 2.25. The van der Waals surface area contributed by atoms with Crippen LogP contribution >= 0.6 is 23.2 Å². The van der Waals surface area contributed by atoms with Crippen molar-refractivity contribution < 1.29 is 14.3 Å². The molecule has 0 aliphatic rings. The summed E-state index contributed by atoms with van der Waals surface area (Å²) in [4.78, 5) is 27.2. The van der Waals surface area contributed by atoms with Gasteiger partial charge in [0.1, 0.15) is 11.8 Å². The Kier molecular flexibility index (Phi) is 9.20. The van der Waals surface area contributed by atoms with Gasteiger partial charge in [-0.3, -0.25) is 9.59 Å². The van der Waals surface area contributed by atoms with E-state index in [1.54, 1.807) is 25.1 Å². The zero-order valence-electron chi connectivity index (χ0n) is 18.7. The lowest BCUT2D eigenvalue weighted by atomic mass is 10.1. The topological polar surface area (TPSA) is 58.6 Å². The largest absolute Gasteiger partial charge is 0.483 e. The molecule has 2 aromatic rings. The summed E-state index contributed by atoms with van der Waals surface area (Å²) in [5.74, 6) is 0.171. The van der Waals surface area contributed by atoms with Gasteiger partial charge in [-0.2, -0.15) is 0 Å². The van der Waals surface area contributed by atoms with Crippen molar-refractivity contribution in [2.24, 2.45) is 0 Å². The van der Waals surface area contributed by atoms with E-state index in [4.69, 9.17) is 27.9 Å². The van der Waals surface area contributed by atoms with E-state index >= 15 is 0 Å². The predicted octanol–water partition coefficient (Wildman–Crippen LogP) is 5.24. The third-order valence-electron chi connectivity index (χ3n) is 5.17. The average molecular weight is 465 g/mol. The summed E-state index contributed by atoms with van der Waals surface area (Å²) in [6.07, 6.45) is 0.814. The molecule has 0 aromatic heterocycles. The van der Waals surface area contributed by atoms with Gasteiger partial charge in [0.25, 0.3) is 5.91 Å². The molecule has 0 bridgehead atoms. The minimum absolute atomic E-state index is 0.170. The maximum absolute atomic E-state index is 13.1. The summed E-state index contributed by atoms with van der Waals surface area (Å²) >= 11 is 12.1. The van der Waals surface area contributed by atoms with E-state index < -0.39 is 6.04 Å². The third kappa shape index (κ3) is 6.88. The number of aryl methyl sites for hydroxylation is 2. The van der Waals surface area contributed by atoms with E-state index in [-0.39, 0.29) is 25.0 Å². The fraction of sp³-hybridized carbons (Fsp3) is 0.417. The molecule has 5 nitrogen and oxygen atoms in total. The van der Waals surface area contributed by atoms with Crippen molar-refractivity contribution >= 4 is 35.0 Å². The molecule has 168 valence electrons. The summed E-state index contributed by atoms with van der Waals surface area (Å²) < 4.78 is 5.86. The molecule has 1 atom stereocenters. The first-order chi connectivity index (χ1) is 14.6. The zero-order valence-corrected chi connectivity index (χ0v) is 20.2. The molecule has 0 spiro atoms. The van der Waals surface area contributed by atoms with E-state index in [2.05, 4.69) is 11.4 Å². The number of carbonyl (C=O) groups is 2. The Morgan fingerprint density at radius 3 is 2.45 bits per heavy atom. The predicted molar refractivity (Wildman–Crippen MR) is 126 cm³/mol. The smallest absolute Gasteiger partial charge is 0.261 e. The minimum Gasteiger partial charge on any atom is -0.483 e. The first-order valence-electron chi connectivity index (χ1n) is 10.4. The summed E-state index contributed by atoms with van der Waals surface area (Å²) in [5, 5.41) is 3.69. The Morgan fingerprint density at radius 1 is 1.10 bits per heavy atom. The Morgan fingerprint density at radius 2 is 1.81 bits per heavy atom. The molecule has 2 aromatic carbocycles. The molecular weight excluding hydrogens is 435 g/mol. The molecule has 0 saturated heterocycles. The second-order valence-electron chi connectivity index (χ2n) is 7.73. The normalized spacial score (nSPS) is 11.7. The summed E-state index contributed by atoms with van der Waals surface area (Å²) in [7, 11) is 0. The molecule has 0 fully saturated rings. The number of amides is 2. The molecule has 2 amide bonds. The number of nitrogens with one attached hydrogen (secondary N) is 1. The van der Waals surface area contributed by atoms with E-state index in [1.807, 2.05) is 33.8 Å². The summed E-state index contributed by atoms with van der Waals surface area (Å²) in [5.41, 5.74) is 3.93. The average Bonchev–Trinajstić information content (AvgIpc) is 2.73. The monoisotopic (exact) mass is 464 g/mol. The van der Waals surface area contributed by atoms with Crippen molar-refractivity contribution in [1.29, 1.82) is 0 Å². The number of halogens is 2. The quantitative estimate of drug-likeness (QED) is 0.551. The van der Waals surface area contributed by atoms with Crippen LogP contribution in [0.4, 0.5) is 0 Å². The molecule has 1 N–H and O–H groups in total. The van der Waals surface area contributed by atoms with Gasteiger partial charge in [0.2, 0.25) is 5.91 Å². The fourth-order valence-corrected chi connectivity index (χ4v) is 3.51. The maximum Gasteiger partial charge on any atom is 0.261 e. The van der Waals surface area contributed by atoms with Crippen LogP contribution in [0, 0.1) is 20.8 Å². The van der Waals surface area contributed by atoms with Crippen LogP contribution in [0.3, 0.4) is 0 Å². The molecule has 0 radical (unpaired) electrons. The Labute approximate surface area is 194 Å². The lowest BCUT2D eigenvalue weighted by Crippen LogP contribution is -2.49. The number of nitrogens with zero attached hydrogens (tertiary/aromatic N) is 1. The van der Waals surface area contributed by atoms with Crippen LogP contribution in [0.5, 0.6) is 5.75 Å². The standard InChI is InChI=1S/C24H30Cl2N2O3/c1-6-9-27-24(30)18(5)28(13-19-7-8-20(25)21(26)12-19)23(29)14-31-22-11-15(2)10-16(3)17(22)4/h7-8,10-12,18H,6,9,13-14H2,1-5H3,(H,27,30). The molecule has 0 aliphatic heterocycles. The Hall–Kier alpha value is -2.24. The van der Waals surface area contributed by atoms with E-state index in [9.17, 15) is 9.59 Å². The lowest BCUT2D eigenvalue weighted by molar-refractivity contribution is -0.142. The van der Waals surface area contributed by atoms with Crippen LogP contribution in [0.25, 0.3) is 0 Å². The third-order valence-corrected chi connectivity index (χ3v) is 5.91. The van der Waals surface area contributed by atoms with Gasteiger partial charge in [-0.15, -0.1) is 0 Å². The summed E-state index contributed by atoms with van der Waals surface area (Å²) in [6, 6.07) is 8.49. The zero-order chi connectivity index (χ0) is 23.1. The van der Waals surface area contributed by atoms with Crippen LogP contribution in [0.2, 0.25) is 10.0 Å². The molecule has 0 aliphatic carbocycles. The van der Waals surface area contributed by atoms with E-state index in [0.29, 0.717) is 22.3 Å². The van der Waals surface area contributed by atoms with Gasteiger partial charge < -0.3 is 15.0 Å². The highest BCUT2D eigenvalue weighted by Gasteiger charge is 2.26. The van der Waals surface area contributed by atoms with Crippen molar-refractivity contribution in [3.05, 3.63) is 62.6 Å². The molecular formula is C24H30Cl2N2O3. The fourth-order valence-electron chi connectivity index (χ4n) is 3.19. The first kappa shape index (κ1) is 25.0. The van der Waals surface area contributed by atoms with Crippen molar-refractivity contribution in [2.45, 2.75) is 53.6 Å². The maximum atomic E-state index is 13.1. The summed E-state index contributed by atoms with van der Waals surface area (Å²) in [6.45, 7) is 10.2. The number of hydrogen-bond donors (Lipinski definition) is 1. The number of benzene rings is 2. The van der Waals surface area contributed by atoms with Crippen molar-refractivity contribution in [2.75, 3.05) is 13.2 Å². The van der Waals surface area contributed by atoms with Gasteiger partial charge in [-0.05, 0) is 74.6 Å². The van der Waals surface area contributed by atoms with Crippen LogP contribution in [0.1, 0.15) is 42.5 Å². The van der Waals surface area contributed by atoms with Crippen molar-refractivity contribution in [1.82, 2.24) is 10.2 Å². The Balaban J connectivity index is 2.22. The molecule has 0 heterocycles. The minimum atomic E-state index is -0.669. The van der Waals surface area contributed by atoms with Gasteiger partial charge >= 0.3 is 0 Å². The van der Waals surface area contributed by atoms with Gasteiger partial charge in [-0.1, -0.05) is 42.3 Å². The number of carbonyl (C=O) groups excluding carboxylic acids is 2. The second kappa shape index (κ2) is 11.4. The first-order valence-corrected chi connectivity index (χ1v) is 11.1. The molecule has 31 heavy (non-hydrogen) atoms. The Bertz CT molecular complexity index is 947. The van der Waals surface area contributed by atoms with Gasteiger partial charge in [0.05, 0.1) is 10.0 Å². The lowest BCUT2D eigenvalue weighted by Gasteiger charge is -2.29. The number of hydrogen-bond acceptors (Lipinski definition) is 3. The highest BCUT2D eigenvalue weighted by atomic mass is 35.5. The van der Waals surface area contributed by atoms with Gasteiger partial charge in [-0.25, -0.2) is 0 Å². The molecule has 1 unspecified atom stereocenters. The van der Waals surface area contributed by atoms with Crippen LogP contribution in [0.15, 0.2) is 30.3 Å². The van der Waals surface area contributed by atoms with E-state index in [0.717, 1.165) is 28.7 Å². The van der Waals surface area contributed by atoms with E-state index in [1.165, 1.54) is 4.90 Å². The SMILES string of the molecule is CCCNC(=O)C(C)N(Cc1ccc(Cl)c(Cl)c1)C(=O)COc1cc(C)cc(C)c1C. The molecule has 0 saturated carbocycles. The second-order valence-corrected chi connectivity index (χ2v) is 8.55. The van der Waals surface area contributed by atoms with Crippen molar-refractivity contribution in [3.63, 3.8) is 0 Å². The number of rotatable bonds is 9. The van der Waals surface area contributed by atoms with Gasteiger partial charge in [0, 0.05) is 13.1 Å². The molecule has 7 heteroatoms. The van der Waals surface area contributed by atoms with Crippen LogP contribution in [-0.2, 0) is 16.1 Å². The molecule has 2 rings (SSSR count). The van der Waals surface area contributed by atoms with Crippen LogP contribution < -0.4 is 10.1 Å². The van der Waals surface area contributed by atoms with Crippen molar-refractivity contribution in [3.8, 4) is 5.75 Å². The number of ether oxygens (including phenoxy) is 1. The highest BCUT2D eigenvalue weighted by molar-refractivity contribution is 6.42. The van der Waals surface area contributed by atoms with Crippen LogP contribution in [-0.4, -0.2) is 35.9 Å². The van der Waals surface area contributed by atoms with Gasteiger partial charge in [0.15, 0.2) is 6.61 Å².